The molecule has 2 N–H and O–H groups in total. The van der Waals surface area contributed by atoms with Crippen LogP contribution in [0.5, 0.6) is 0 Å². The summed E-state index contributed by atoms with van der Waals surface area (Å²) in [4.78, 5) is 1.52. The highest BCUT2D eigenvalue weighted by molar-refractivity contribution is 5.44. The molecule has 0 fully saturated rings. The van der Waals surface area contributed by atoms with Gasteiger partial charge >= 0.3 is 0 Å². The Hall–Kier alpha value is -1.79. The lowest BCUT2D eigenvalue weighted by atomic mass is 9.87. The molecule has 0 unspecified atom stereocenters. The Balaban J connectivity index is 0.00000364. The minimum atomic E-state index is -1.26. The highest BCUT2D eigenvalue weighted by Gasteiger charge is 2.29. The van der Waals surface area contributed by atoms with Crippen molar-refractivity contribution in [3.8, 4) is 11.8 Å². The van der Waals surface area contributed by atoms with E-state index in [0.717, 1.165) is 30.8 Å². The van der Waals surface area contributed by atoms with Crippen molar-refractivity contribution in [3.63, 3.8) is 0 Å². The van der Waals surface area contributed by atoms with Gasteiger partial charge in [-0.3, -0.25) is 0 Å². The normalized spacial score (nSPS) is 10.8. The summed E-state index contributed by atoms with van der Waals surface area (Å²) in [5.74, 6) is 6.50. The van der Waals surface area contributed by atoms with Crippen molar-refractivity contribution in [2.45, 2.75) is 45.1 Å². The van der Waals surface area contributed by atoms with E-state index in [1.807, 2.05) is 60.7 Å². The molecule has 0 heterocycles. The molecule has 0 aliphatic heterocycles. The summed E-state index contributed by atoms with van der Waals surface area (Å²) < 4.78 is 0. The van der Waals surface area contributed by atoms with Crippen molar-refractivity contribution in [2.75, 3.05) is 19.6 Å². The number of benzene rings is 2. The molecule has 2 aromatic rings. The van der Waals surface area contributed by atoms with Crippen molar-refractivity contribution in [1.82, 2.24) is 0 Å². The van der Waals surface area contributed by atoms with E-state index in [4.69, 9.17) is 0 Å². The van der Waals surface area contributed by atoms with Crippen LogP contribution in [0.15, 0.2) is 60.7 Å². The first-order valence-electron chi connectivity index (χ1n) is 9.87. The minimum absolute atomic E-state index is 0. The molecule has 0 aromatic heterocycles. The first-order valence-corrected chi connectivity index (χ1v) is 9.87. The van der Waals surface area contributed by atoms with Gasteiger partial charge in [0.05, 0.1) is 13.1 Å². The molecule has 2 rings (SSSR count). The summed E-state index contributed by atoms with van der Waals surface area (Å²) in [6.07, 6.45) is 4.87. The Bertz CT molecular complexity index is 643. The summed E-state index contributed by atoms with van der Waals surface area (Å²) >= 11 is 0. The van der Waals surface area contributed by atoms with Crippen LogP contribution in [0.2, 0.25) is 0 Å². The molecule has 0 saturated heterocycles. The van der Waals surface area contributed by atoms with Gasteiger partial charge in [-0.15, -0.1) is 0 Å². The lowest BCUT2D eigenvalue weighted by Crippen LogP contribution is -3.12. The van der Waals surface area contributed by atoms with Crippen molar-refractivity contribution in [3.05, 3.63) is 71.8 Å². The monoisotopic (exact) mass is 385 g/mol. The van der Waals surface area contributed by atoms with E-state index in [1.165, 1.54) is 30.6 Å². The van der Waals surface area contributed by atoms with Gasteiger partial charge in [0.15, 0.2) is 5.60 Å². The van der Waals surface area contributed by atoms with E-state index in [-0.39, 0.29) is 12.4 Å². The van der Waals surface area contributed by atoms with E-state index in [0.29, 0.717) is 0 Å². The Kier molecular flexibility index (Phi) is 10.8. The Morgan fingerprint density at radius 1 is 0.815 bits per heavy atom. The molecule has 0 bridgehead atoms. The predicted molar refractivity (Wildman–Crippen MR) is 109 cm³/mol. The zero-order valence-corrected chi connectivity index (χ0v) is 17.3. The van der Waals surface area contributed by atoms with Gasteiger partial charge in [-0.25, -0.2) is 0 Å². The van der Waals surface area contributed by atoms with E-state index in [2.05, 4.69) is 25.7 Å². The van der Waals surface area contributed by atoms with E-state index < -0.39 is 5.60 Å². The third kappa shape index (κ3) is 7.03. The van der Waals surface area contributed by atoms with Gasteiger partial charge in [-0.2, -0.15) is 0 Å². The van der Waals surface area contributed by atoms with Crippen LogP contribution in [-0.4, -0.2) is 24.7 Å². The standard InChI is InChI=1S/C24H31NO.ClH/c1-3-5-19-25(20-6-4-2)21-13-18-24(26,22-14-9-7-10-15-22)23-16-11-8-12-17-23;/h7-12,14-17,26H,3-6,19-21H2,1-2H3;1H. The van der Waals surface area contributed by atoms with Crippen molar-refractivity contribution in [1.29, 1.82) is 0 Å². The number of nitrogens with one attached hydrogen (secondary N) is 1. The Morgan fingerprint density at radius 2 is 1.26 bits per heavy atom. The maximum absolute atomic E-state index is 11.4. The first-order chi connectivity index (χ1) is 12.7. The van der Waals surface area contributed by atoms with Crippen LogP contribution >= 0.6 is 0 Å². The van der Waals surface area contributed by atoms with Gasteiger partial charge in [0, 0.05) is 11.1 Å². The lowest BCUT2D eigenvalue weighted by Gasteiger charge is -2.23. The molecule has 0 amide bonds. The number of halogens is 1. The van der Waals surface area contributed by atoms with Crippen molar-refractivity contribution >= 4 is 0 Å². The van der Waals surface area contributed by atoms with Gasteiger partial charge in [0.2, 0.25) is 0 Å². The third-order valence-corrected chi connectivity index (χ3v) is 4.76. The fourth-order valence-electron chi connectivity index (χ4n) is 3.12. The fraction of sp³-hybridized carbons (Fsp3) is 0.417. The zero-order chi connectivity index (χ0) is 18.7. The maximum Gasteiger partial charge on any atom is 0.177 e. The molecule has 2 nitrogen and oxygen atoms in total. The smallest absolute Gasteiger partial charge is 0.177 e. The third-order valence-electron chi connectivity index (χ3n) is 4.76. The number of unbranched alkanes of at least 4 members (excludes halogenated alkanes) is 2. The van der Waals surface area contributed by atoms with Gasteiger partial charge < -0.3 is 22.4 Å². The maximum atomic E-state index is 11.4. The van der Waals surface area contributed by atoms with Crippen LogP contribution in [0.4, 0.5) is 0 Å². The predicted octanol–water partition coefficient (Wildman–Crippen LogP) is 0.415. The molecule has 3 heteroatoms. The summed E-state index contributed by atoms with van der Waals surface area (Å²) in [6.45, 7) is 7.54. The second-order valence-electron chi connectivity index (χ2n) is 6.88. The molecule has 27 heavy (non-hydrogen) atoms. The second kappa shape index (κ2) is 12.6. The van der Waals surface area contributed by atoms with Crippen LogP contribution in [0.25, 0.3) is 0 Å². The molecular weight excluding hydrogens is 354 g/mol. The number of hydrogen-bond donors (Lipinski definition) is 2. The highest BCUT2D eigenvalue weighted by atomic mass is 35.5. The number of hydrogen-bond acceptors (Lipinski definition) is 1. The summed E-state index contributed by atoms with van der Waals surface area (Å²) in [5, 5.41) is 11.4. The second-order valence-corrected chi connectivity index (χ2v) is 6.88. The molecule has 0 atom stereocenters. The summed E-state index contributed by atoms with van der Waals surface area (Å²) in [7, 11) is 0. The average Bonchev–Trinajstić information content (AvgIpc) is 2.70. The van der Waals surface area contributed by atoms with Crippen LogP contribution in [0.3, 0.4) is 0 Å². The molecule has 0 spiro atoms. The molecule has 146 valence electrons. The summed E-state index contributed by atoms with van der Waals surface area (Å²) in [5.41, 5.74) is 0.382. The van der Waals surface area contributed by atoms with Crippen molar-refractivity contribution in [2.24, 2.45) is 0 Å². The zero-order valence-electron chi connectivity index (χ0n) is 16.5. The van der Waals surface area contributed by atoms with Gasteiger partial charge in [-0.1, -0.05) is 93.3 Å². The quantitative estimate of drug-likeness (QED) is 0.601. The Morgan fingerprint density at radius 3 is 1.67 bits per heavy atom. The molecule has 0 aliphatic rings. The van der Waals surface area contributed by atoms with E-state index in [1.54, 1.807) is 0 Å². The largest absolute Gasteiger partial charge is 1.00 e. The van der Waals surface area contributed by atoms with E-state index >= 15 is 0 Å². The lowest BCUT2D eigenvalue weighted by molar-refractivity contribution is -0.893. The van der Waals surface area contributed by atoms with Crippen molar-refractivity contribution < 1.29 is 22.4 Å². The van der Waals surface area contributed by atoms with Gasteiger partial charge in [0.25, 0.3) is 0 Å². The molecule has 0 radical (unpaired) electrons. The average molecular weight is 386 g/mol. The fourth-order valence-corrected chi connectivity index (χ4v) is 3.12. The number of rotatable bonds is 9. The number of aliphatic hydroxyl groups is 1. The van der Waals surface area contributed by atoms with Crippen LogP contribution in [0, 0.1) is 11.8 Å². The highest BCUT2D eigenvalue weighted by Crippen LogP contribution is 2.28. The number of quaternary nitrogens is 1. The van der Waals surface area contributed by atoms with Crippen LogP contribution in [-0.2, 0) is 5.60 Å². The summed E-state index contributed by atoms with van der Waals surface area (Å²) in [6, 6.07) is 19.5. The molecule has 0 aliphatic carbocycles. The topological polar surface area (TPSA) is 24.7 Å². The SMILES string of the molecule is CCCC[NH+](CC#CC(O)(c1ccccc1)c1ccccc1)CCCC.[Cl-]. The van der Waals surface area contributed by atoms with Crippen LogP contribution < -0.4 is 17.3 Å². The molecule has 2 aromatic carbocycles. The Labute approximate surface area is 171 Å². The van der Waals surface area contributed by atoms with E-state index in [9.17, 15) is 5.11 Å². The molecular formula is C24H32ClNO. The van der Waals surface area contributed by atoms with Gasteiger partial charge in [-0.05, 0) is 18.8 Å². The van der Waals surface area contributed by atoms with Crippen LogP contribution in [0.1, 0.15) is 50.7 Å². The molecule has 0 saturated carbocycles. The first kappa shape index (κ1) is 23.2. The minimum Gasteiger partial charge on any atom is -1.00 e. The van der Waals surface area contributed by atoms with Gasteiger partial charge in [0.1, 0.15) is 6.54 Å².